The minimum absolute atomic E-state index is 0.120. The van der Waals surface area contributed by atoms with Crippen LogP contribution in [0.15, 0.2) is 10.9 Å². The van der Waals surface area contributed by atoms with E-state index >= 15 is 0 Å². The van der Waals surface area contributed by atoms with Crippen molar-refractivity contribution in [2.45, 2.75) is 20.3 Å². The molecule has 0 spiro atoms. The molecule has 1 aromatic carbocycles. The molecule has 0 unspecified atom stereocenters. The number of rotatable bonds is 1. The molecule has 0 radical (unpaired) electrons. The Morgan fingerprint density at radius 3 is 2.47 bits per heavy atom. The zero-order valence-corrected chi connectivity index (χ0v) is 11.6. The van der Waals surface area contributed by atoms with Gasteiger partial charge in [0.2, 0.25) is 0 Å². The highest BCUT2D eigenvalue weighted by Crippen LogP contribution is 2.33. The van der Waals surface area contributed by atoms with Gasteiger partial charge in [-0.1, -0.05) is 41.7 Å². The normalized spacial score (nSPS) is 11.1. The number of aromatic nitrogens is 1. The van der Waals surface area contributed by atoms with Crippen LogP contribution in [-0.4, -0.2) is 4.98 Å². The highest BCUT2D eigenvalue weighted by atomic mass is 35.5. The van der Waals surface area contributed by atoms with Crippen LogP contribution in [-0.2, 0) is 6.42 Å². The zero-order chi connectivity index (χ0) is 12.7. The van der Waals surface area contributed by atoms with Crippen LogP contribution in [0.25, 0.3) is 10.9 Å². The van der Waals surface area contributed by atoms with E-state index in [0.29, 0.717) is 26.5 Å². The van der Waals surface area contributed by atoms with Gasteiger partial charge in [0, 0.05) is 11.3 Å². The van der Waals surface area contributed by atoms with E-state index in [1.54, 1.807) is 13.0 Å². The second kappa shape index (κ2) is 4.52. The second-order valence-corrected chi connectivity index (χ2v) is 5.01. The van der Waals surface area contributed by atoms with E-state index in [-0.39, 0.29) is 10.5 Å². The van der Waals surface area contributed by atoms with Crippen molar-refractivity contribution in [2.24, 2.45) is 0 Å². The van der Waals surface area contributed by atoms with Gasteiger partial charge >= 0.3 is 0 Å². The molecule has 0 saturated carbocycles. The predicted octanol–water partition coefficient (Wildman–Crippen LogP) is 4.36. The van der Waals surface area contributed by atoms with Crippen LogP contribution < -0.4 is 5.43 Å². The molecule has 2 aromatic rings. The molecule has 90 valence electrons. The number of nitrogens with one attached hydrogen (secondary N) is 1. The minimum Gasteiger partial charge on any atom is -0.357 e. The smallest absolute Gasteiger partial charge is 0.194 e. The summed E-state index contributed by atoms with van der Waals surface area (Å²) in [6.07, 6.45) is 0.730. The van der Waals surface area contributed by atoms with Gasteiger partial charge in [0.05, 0.1) is 26.0 Å². The minimum atomic E-state index is -0.120. The van der Waals surface area contributed by atoms with Gasteiger partial charge in [-0.05, 0) is 19.4 Å². The Morgan fingerprint density at radius 2 is 1.88 bits per heavy atom. The quantitative estimate of drug-likeness (QED) is 0.778. The summed E-state index contributed by atoms with van der Waals surface area (Å²) in [6, 6.07) is 1.54. The average molecular weight is 291 g/mol. The highest BCUT2D eigenvalue weighted by molar-refractivity contribution is 6.47. The van der Waals surface area contributed by atoms with Crippen LogP contribution in [0.4, 0.5) is 0 Å². The molecule has 2 nitrogen and oxygen atoms in total. The van der Waals surface area contributed by atoms with Gasteiger partial charge in [-0.15, -0.1) is 0 Å². The van der Waals surface area contributed by atoms with Gasteiger partial charge in [-0.3, -0.25) is 4.79 Å². The highest BCUT2D eigenvalue weighted by Gasteiger charge is 2.15. The van der Waals surface area contributed by atoms with Crippen molar-refractivity contribution in [3.8, 4) is 0 Å². The molecule has 0 saturated heterocycles. The molecule has 17 heavy (non-hydrogen) atoms. The number of aryl methyl sites for hydroxylation is 1. The van der Waals surface area contributed by atoms with Gasteiger partial charge < -0.3 is 4.98 Å². The van der Waals surface area contributed by atoms with E-state index in [4.69, 9.17) is 34.8 Å². The first-order valence-electron chi connectivity index (χ1n) is 5.16. The number of benzene rings is 1. The van der Waals surface area contributed by atoms with E-state index in [1.165, 1.54) is 0 Å². The lowest BCUT2D eigenvalue weighted by molar-refractivity contribution is 1.02. The van der Waals surface area contributed by atoms with E-state index in [2.05, 4.69) is 4.98 Å². The topological polar surface area (TPSA) is 32.9 Å². The van der Waals surface area contributed by atoms with Crippen LogP contribution in [0.2, 0.25) is 15.1 Å². The lowest BCUT2D eigenvalue weighted by Gasteiger charge is -2.09. The maximum absolute atomic E-state index is 12.2. The Morgan fingerprint density at radius 1 is 1.24 bits per heavy atom. The van der Waals surface area contributed by atoms with E-state index in [1.807, 2.05) is 6.92 Å². The molecule has 0 atom stereocenters. The third-order valence-corrected chi connectivity index (χ3v) is 3.91. The van der Waals surface area contributed by atoms with E-state index in [0.717, 1.165) is 12.1 Å². The van der Waals surface area contributed by atoms with Gasteiger partial charge in [-0.25, -0.2) is 0 Å². The summed E-state index contributed by atoms with van der Waals surface area (Å²) in [5.74, 6) is 0. The second-order valence-electron chi connectivity index (χ2n) is 3.82. The van der Waals surface area contributed by atoms with Crippen molar-refractivity contribution in [3.05, 3.63) is 42.6 Å². The number of hydrogen-bond acceptors (Lipinski definition) is 1. The number of hydrogen-bond donors (Lipinski definition) is 1. The van der Waals surface area contributed by atoms with Gasteiger partial charge in [0.15, 0.2) is 5.43 Å². The first-order chi connectivity index (χ1) is 7.97. The Labute approximate surface area is 113 Å². The molecule has 1 heterocycles. The SMILES string of the molecule is CCc1[nH]c2c(Cl)cc(Cl)c(Cl)c2c(=O)c1C. The maximum atomic E-state index is 12.2. The summed E-state index contributed by atoms with van der Waals surface area (Å²) in [7, 11) is 0. The fourth-order valence-corrected chi connectivity index (χ4v) is 2.60. The molecule has 0 amide bonds. The van der Waals surface area contributed by atoms with Crippen LogP contribution in [0.1, 0.15) is 18.2 Å². The lowest BCUT2D eigenvalue weighted by Crippen LogP contribution is -2.12. The molecule has 2 rings (SSSR count). The van der Waals surface area contributed by atoms with E-state index < -0.39 is 0 Å². The van der Waals surface area contributed by atoms with Crippen LogP contribution in [0.5, 0.6) is 0 Å². The van der Waals surface area contributed by atoms with Gasteiger partial charge in [0.25, 0.3) is 0 Å². The molecular weight excluding hydrogens is 280 g/mol. The molecule has 1 aromatic heterocycles. The Balaban J connectivity index is 3.07. The number of aromatic amines is 1. The van der Waals surface area contributed by atoms with Crippen molar-refractivity contribution in [1.82, 2.24) is 4.98 Å². The molecule has 5 heteroatoms. The molecule has 0 aliphatic carbocycles. The number of fused-ring (bicyclic) bond motifs is 1. The molecule has 0 bridgehead atoms. The maximum Gasteiger partial charge on any atom is 0.194 e. The van der Waals surface area contributed by atoms with Crippen LogP contribution in [0.3, 0.4) is 0 Å². The molecule has 0 aliphatic rings. The van der Waals surface area contributed by atoms with Crippen molar-refractivity contribution < 1.29 is 0 Å². The first-order valence-corrected chi connectivity index (χ1v) is 6.29. The first kappa shape index (κ1) is 12.7. The molecule has 0 aliphatic heterocycles. The summed E-state index contributed by atoms with van der Waals surface area (Å²) >= 11 is 18.1. The lowest BCUT2D eigenvalue weighted by atomic mass is 10.1. The average Bonchev–Trinajstić information content (AvgIpc) is 2.29. The van der Waals surface area contributed by atoms with Crippen molar-refractivity contribution in [2.75, 3.05) is 0 Å². The standard InChI is InChI=1S/C12H10Cl3NO/c1-3-8-5(2)12(17)9-10(15)6(13)4-7(14)11(9)16-8/h4H,3H2,1-2H3,(H,16,17). The summed E-state index contributed by atoms with van der Waals surface area (Å²) < 4.78 is 0. The van der Waals surface area contributed by atoms with E-state index in [9.17, 15) is 4.79 Å². The third-order valence-electron chi connectivity index (χ3n) is 2.82. The summed E-state index contributed by atoms with van der Waals surface area (Å²) in [5.41, 5.74) is 1.95. The number of H-pyrrole nitrogens is 1. The molecular formula is C12H10Cl3NO. The number of halogens is 3. The van der Waals surface area contributed by atoms with Crippen LogP contribution >= 0.6 is 34.8 Å². The Hall–Kier alpha value is -0.700. The van der Waals surface area contributed by atoms with Gasteiger partial charge in [0.1, 0.15) is 0 Å². The van der Waals surface area contributed by atoms with Crippen molar-refractivity contribution in [1.29, 1.82) is 0 Å². The fourth-order valence-electron chi connectivity index (χ4n) is 1.85. The summed E-state index contributed by atoms with van der Waals surface area (Å²) in [6.45, 7) is 3.73. The third kappa shape index (κ3) is 1.95. The van der Waals surface area contributed by atoms with Crippen LogP contribution in [0, 0.1) is 6.92 Å². The largest absolute Gasteiger partial charge is 0.357 e. The predicted molar refractivity (Wildman–Crippen MR) is 73.7 cm³/mol. The summed E-state index contributed by atoms with van der Waals surface area (Å²) in [5, 5.41) is 1.30. The van der Waals surface area contributed by atoms with Crippen molar-refractivity contribution >= 4 is 45.7 Å². The fraction of sp³-hybridized carbons (Fsp3) is 0.250. The van der Waals surface area contributed by atoms with Crippen molar-refractivity contribution in [3.63, 3.8) is 0 Å². The zero-order valence-electron chi connectivity index (χ0n) is 9.33. The summed E-state index contributed by atoms with van der Waals surface area (Å²) in [4.78, 5) is 15.4. The molecule has 1 N–H and O–H groups in total. The van der Waals surface area contributed by atoms with Gasteiger partial charge in [-0.2, -0.15) is 0 Å². The monoisotopic (exact) mass is 289 g/mol. The number of pyridine rings is 1. The molecule has 0 fully saturated rings. The Kier molecular flexibility index (Phi) is 3.39. The Bertz CT molecular complexity index is 661.